The van der Waals surface area contributed by atoms with Crippen LogP contribution in [0.5, 0.6) is 0 Å². The van der Waals surface area contributed by atoms with Gasteiger partial charge in [0.2, 0.25) is 5.91 Å². The Labute approximate surface area is 113 Å². The highest BCUT2D eigenvalue weighted by Gasteiger charge is 2.29. The molecule has 0 bridgehead atoms. The highest BCUT2D eigenvalue weighted by Crippen LogP contribution is 2.33. The number of aryl methyl sites for hydroxylation is 1. The zero-order chi connectivity index (χ0) is 14.1. The molecule has 0 radical (unpaired) electrons. The fraction of sp³-hybridized carbons (Fsp3) is 0.308. The van der Waals surface area contributed by atoms with E-state index in [4.69, 9.17) is 0 Å². The summed E-state index contributed by atoms with van der Waals surface area (Å²) in [5.41, 5.74) is 1.02. The average molecular weight is 278 g/mol. The lowest BCUT2D eigenvalue weighted by Crippen LogP contribution is -2.29. The molecule has 1 aliphatic rings. The number of aromatic amines is 1. The van der Waals surface area contributed by atoms with Crippen LogP contribution in [0.4, 0.5) is 14.5 Å². The van der Waals surface area contributed by atoms with Crippen molar-refractivity contribution in [3.63, 3.8) is 0 Å². The molecule has 3 rings (SSSR count). The highest BCUT2D eigenvalue weighted by atomic mass is 19.1. The maximum absolute atomic E-state index is 13.8. The number of hydrogen-bond acceptors (Lipinski definition) is 3. The summed E-state index contributed by atoms with van der Waals surface area (Å²) in [5.74, 6) is -1.27. The summed E-state index contributed by atoms with van der Waals surface area (Å²) < 4.78 is 27.4. The number of carbonyl (C=O) groups excluding carboxylic acids is 1. The Morgan fingerprint density at radius 1 is 1.35 bits per heavy atom. The first-order chi connectivity index (χ1) is 9.66. The molecule has 2 aromatic rings. The van der Waals surface area contributed by atoms with E-state index < -0.39 is 11.6 Å². The van der Waals surface area contributed by atoms with Gasteiger partial charge in [0.05, 0.1) is 17.6 Å². The molecule has 7 heteroatoms. The second-order valence-corrected chi connectivity index (χ2v) is 4.61. The van der Waals surface area contributed by atoms with E-state index in [1.165, 1.54) is 11.1 Å². The van der Waals surface area contributed by atoms with Gasteiger partial charge in [0.1, 0.15) is 11.6 Å². The summed E-state index contributed by atoms with van der Waals surface area (Å²) in [4.78, 5) is 13.5. The van der Waals surface area contributed by atoms with Crippen LogP contribution in [-0.2, 0) is 17.6 Å². The third-order valence-electron chi connectivity index (χ3n) is 3.39. The molecular formula is C13H12F2N4O. The molecule has 0 saturated carbocycles. The van der Waals surface area contributed by atoms with Crippen molar-refractivity contribution in [2.75, 3.05) is 11.4 Å². The largest absolute Gasteiger partial charge is 0.309 e. The Hall–Kier alpha value is -2.31. The Balaban J connectivity index is 1.77. The predicted octanol–water partition coefficient (Wildman–Crippen LogP) is 1.60. The van der Waals surface area contributed by atoms with E-state index in [0.29, 0.717) is 25.1 Å². The van der Waals surface area contributed by atoms with Crippen molar-refractivity contribution in [3.05, 3.63) is 41.2 Å². The number of nitrogens with zero attached hydrogens (tertiary/aromatic N) is 3. The third kappa shape index (κ3) is 2.15. The van der Waals surface area contributed by atoms with Gasteiger partial charge < -0.3 is 4.90 Å². The van der Waals surface area contributed by atoms with Gasteiger partial charge in [-0.25, -0.2) is 8.78 Å². The Morgan fingerprint density at radius 3 is 2.90 bits per heavy atom. The van der Waals surface area contributed by atoms with E-state index in [0.717, 1.165) is 12.1 Å². The Morgan fingerprint density at radius 2 is 2.15 bits per heavy atom. The predicted molar refractivity (Wildman–Crippen MR) is 67.1 cm³/mol. The zero-order valence-corrected chi connectivity index (χ0v) is 10.6. The minimum Gasteiger partial charge on any atom is -0.309 e. The Kier molecular flexibility index (Phi) is 3.17. The molecule has 0 aliphatic carbocycles. The molecule has 0 spiro atoms. The Bertz CT molecular complexity index is 642. The number of fused-ring (bicyclic) bond motifs is 1. The maximum atomic E-state index is 13.8. The molecule has 1 N–H and O–H groups in total. The van der Waals surface area contributed by atoms with Crippen LogP contribution in [0.1, 0.15) is 17.7 Å². The second kappa shape index (κ2) is 4.99. The number of anilines is 1. The van der Waals surface area contributed by atoms with Crippen LogP contribution in [0.3, 0.4) is 0 Å². The van der Waals surface area contributed by atoms with E-state index in [-0.39, 0.29) is 23.6 Å². The number of amides is 1. The first-order valence-electron chi connectivity index (χ1n) is 6.28. The van der Waals surface area contributed by atoms with Crippen molar-refractivity contribution in [3.8, 4) is 0 Å². The fourth-order valence-electron chi connectivity index (χ4n) is 2.41. The lowest BCUT2D eigenvalue weighted by Gasteiger charge is -2.17. The van der Waals surface area contributed by atoms with Crippen molar-refractivity contribution in [2.24, 2.45) is 0 Å². The van der Waals surface area contributed by atoms with Gasteiger partial charge in [0.15, 0.2) is 0 Å². The quantitative estimate of drug-likeness (QED) is 0.927. The van der Waals surface area contributed by atoms with Gasteiger partial charge in [-0.1, -0.05) is 0 Å². The molecule has 2 heterocycles. The summed E-state index contributed by atoms with van der Waals surface area (Å²) in [6.07, 6.45) is 2.47. The molecule has 20 heavy (non-hydrogen) atoms. The number of halogens is 2. The van der Waals surface area contributed by atoms with Gasteiger partial charge in [-0.15, -0.1) is 0 Å². The molecule has 1 amide bonds. The number of hydrogen-bond donors (Lipinski definition) is 1. The first-order valence-corrected chi connectivity index (χ1v) is 6.28. The van der Waals surface area contributed by atoms with Crippen LogP contribution in [-0.4, -0.2) is 27.9 Å². The molecular weight excluding hydrogens is 266 g/mol. The van der Waals surface area contributed by atoms with Gasteiger partial charge in [0.25, 0.3) is 0 Å². The van der Waals surface area contributed by atoms with Crippen LogP contribution in [0.2, 0.25) is 0 Å². The summed E-state index contributed by atoms with van der Waals surface area (Å²) in [5, 5.41) is 9.96. The normalized spacial score (nSPS) is 13.6. The van der Waals surface area contributed by atoms with Crippen LogP contribution in [0, 0.1) is 11.6 Å². The number of carbonyl (C=O) groups is 1. The average Bonchev–Trinajstić information content (AvgIpc) is 3.09. The van der Waals surface area contributed by atoms with Gasteiger partial charge in [-0.05, 0) is 18.6 Å². The maximum Gasteiger partial charge on any atom is 0.227 e. The lowest BCUT2D eigenvalue weighted by molar-refractivity contribution is -0.118. The lowest BCUT2D eigenvalue weighted by atomic mass is 10.1. The highest BCUT2D eigenvalue weighted by molar-refractivity contribution is 5.95. The molecule has 0 unspecified atom stereocenters. The van der Waals surface area contributed by atoms with Gasteiger partial charge in [0, 0.05) is 24.9 Å². The van der Waals surface area contributed by atoms with Crippen LogP contribution in [0.15, 0.2) is 18.3 Å². The minimum absolute atomic E-state index is 0.0788. The standard InChI is InChI=1S/C13H12F2N4O/c14-10-2-3-11(15)13-9(10)5-6-19(13)12(20)4-1-8-7-16-18-17-8/h2-3,7H,1,4-6H2,(H,16,17,18). The zero-order valence-electron chi connectivity index (χ0n) is 10.6. The summed E-state index contributed by atoms with van der Waals surface area (Å²) in [7, 11) is 0. The fourth-order valence-corrected chi connectivity index (χ4v) is 2.41. The number of benzene rings is 1. The van der Waals surface area contributed by atoms with Gasteiger partial charge in [-0.2, -0.15) is 15.4 Å². The van der Waals surface area contributed by atoms with Gasteiger partial charge >= 0.3 is 0 Å². The van der Waals surface area contributed by atoms with Crippen molar-refractivity contribution in [2.45, 2.75) is 19.3 Å². The number of H-pyrrole nitrogens is 1. The molecule has 1 aromatic heterocycles. The summed E-state index contributed by atoms with van der Waals surface area (Å²) >= 11 is 0. The van der Waals surface area contributed by atoms with E-state index in [1.807, 2.05) is 0 Å². The van der Waals surface area contributed by atoms with E-state index in [1.54, 1.807) is 0 Å². The monoisotopic (exact) mass is 278 g/mol. The van der Waals surface area contributed by atoms with Gasteiger partial charge in [-0.3, -0.25) is 4.79 Å². The number of aromatic nitrogens is 3. The van der Waals surface area contributed by atoms with Crippen molar-refractivity contribution < 1.29 is 13.6 Å². The first kappa shape index (κ1) is 12.7. The van der Waals surface area contributed by atoms with E-state index in [2.05, 4.69) is 15.4 Å². The minimum atomic E-state index is -0.561. The van der Waals surface area contributed by atoms with E-state index in [9.17, 15) is 13.6 Å². The van der Waals surface area contributed by atoms with Crippen LogP contribution >= 0.6 is 0 Å². The van der Waals surface area contributed by atoms with Crippen LogP contribution < -0.4 is 4.90 Å². The van der Waals surface area contributed by atoms with Crippen molar-refractivity contribution >= 4 is 11.6 Å². The number of rotatable bonds is 3. The second-order valence-electron chi connectivity index (χ2n) is 4.61. The molecule has 0 fully saturated rings. The molecule has 1 aliphatic heterocycles. The summed E-state index contributed by atoms with van der Waals surface area (Å²) in [6, 6.07) is 2.15. The van der Waals surface area contributed by atoms with Crippen LogP contribution in [0.25, 0.3) is 0 Å². The molecule has 5 nitrogen and oxygen atoms in total. The molecule has 1 aromatic carbocycles. The molecule has 0 atom stereocenters. The van der Waals surface area contributed by atoms with Crippen molar-refractivity contribution in [1.82, 2.24) is 15.4 Å². The summed E-state index contributed by atoms with van der Waals surface area (Å²) in [6.45, 7) is 0.310. The smallest absolute Gasteiger partial charge is 0.227 e. The van der Waals surface area contributed by atoms with Crippen molar-refractivity contribution in [1.29, 1.82) is 0 Å². The van der Waals surface area contributed by atoms with E-state index >= 15 is 0 Å². The SMILES string of the molecule is O=C(CCc1cn[nH]n1)N1CCc2c(F)ccc(F)c21. The number of nitrogens with one attached hydrogen (secondary N) is 1. The molecule has 0 saturated heterocycles. The molecule has 104 valence electrons. The third-order valence-corrected chi connectivity index (χ3v) is 3.39. The topological polar surface area (TPSA) is 61.9 Å².